The third-order valence-corrected chi connectivity index (χ3v) is 3.59. The molecule has 0 saturated carbocycles. The maximum absolute atomic E-state index is 12.2. The molecule has 0 fully saturated rings. The van der Waals surface area contributed by atoms with Crippen LogP contribution in [0, 0.1) is 0 Å². The Morgan fingerprint density at radius 2 is 2.12 bits per heavy atom. The highest BCUT2D eigenvalue weighted by atomic mass is 16.6. The van der Waals surface area contributed by atoms with Gasteiger partial charge in [0.2, 0.25) is 5.91 Å². The summed E-state index contributed by atoms with van der Waals surface area (Å²) in [5.41, 5.74) is 6.20. The monoisotopic (exact) mass is 344 g/mol. The van der Waals surface area contributed by atoms with Gasteiger partial charge in [0.15, 0.2) is 12.4 Å². The lowest BCUT2D eigenvalue weighted by Crippen LogP contribution is -2.39. The molecule has 1 aliphatic heterocycles. The van der Waals surface area contributed by atoms with Crippen LogP contribution in [0.1, 0.15) is 12.2 Å². The number of rotatable bonds is 6. The smallest absolute Gasteiger partial charge is 0.355 e. The molecule has 1 aromatic heterocycles. The average molecular weight is 344 g/mol. The van der Waals surface area contributed by atoms with E-state index in [4.69, 9.17) is 19.7 Å². The number of esters is 1. The van der Waals surface area contributed by atoms with Crippen LogP contribution in [0.4, 0.5) is 5.69 Å². The van der Waals surface area contributed by atoms with Crippen LogP contribution < -0.4 is 15.5 Å². The Morgan fingerprint density at radius 3 is 2.76 bits per heavy atom. The SMILES string of the molecule is COc1cc(COC(=O)C2=NN(c3ccccc3)C(C(N)=O)C2)on1. The molecule has 1 aliphatic rings. The lowest BCUT2D eigenvalue weighted by molar-refractivity contribution is -0.137. The second kappa shape index (κ2) is 7.04. The third kappa shape index (κ3) is 3.60. The maximum atomic E-state index is 12.2. The van der Waals surface area contributed by atoms with Crippen molar-refractivity contribution < 1.29 is 23.6 Å². The number of nitrogens with two attached hydrogens (primary N) is 1. The van der Waals surface area contributed by atoms with Crippen molar-refractivity contribution >= 4 is 23.3 Å². The molecule has 3 rings (SSSR count). The number of methoxy groups -OCH3 is 1. The van der Waals surface area contributed by atoms with Crippen molar-refractivity contribution in [3.05, 3.63) is 42.2 Å². The van der Waals surface area contributed by atoms with Gasteiger partial charge in [0.05, 0.1) is 12.8 Å². The summed E-state index contributed by atoms with van der Waals surface area (Å²) in [6.45, 7) is -0.124. The number of anilines is 1. The largest absolute Gasteiger partial charge is 0.479 e. The summed E-state index contributed by atoms with van der Waals surface area (Å²) < 4.78 is 15.0. The third-order valence-electron chi connectivity index (χ3n) is 3.59. The summed E-state index contributed by atoms with van der Waals surface area (Å²) in [7, 11) is 1.45. The lowest BCUT2D eigenvalue weighted by atomic mass is 10.1. The van der Waals surface area contributed by atoms with E-state index in [2.05, 4.69) is 10.3 Å². The van der Waals surface area contributed by atoms with Gasteiger partial charge in [0.25, 0.3) is 5.88 Å². The summed E-state index contributed by atoms with van der Waals surface area (Å²) in [5.74, 6) is -0.612. The first-order valence-corrected chi connectivity index (χ1v) is 7.46. The average Bonchev–Trinajstić information content (AvgIpc) is 3.27. The van der Waals surface area contributed by atoms with E-state index in [1.807, 2.05) is 6.07 Å². The van der Waals surface area contributed by atoms with E-state index < -0.39 is 17.9 Å². The van der Waals surface area contributed by atoms with Crippen LogP contribution in [-0.2, 0) is 20.9 Å². The molecule has 2 aromatic rings. The molecular weight excluding hydrogens is 328 g/mol. The Balaban J connectivity index is 1.70. The molecule has 1 atom stereocenters. The molecule has 2 N–H and O–H groups in total. The first-order chi connectivity index (χ1) is 12.1. The van der Waals surface area contributed by atoms with E-state index in [-0.39, 0.29) is 24.6 Å². The minimum absolute atomic E-state index is 0.0722. The van der Waals surface area contributed by atoms with E-state index in [9.17, 15) is 9.59 Å². The van der Waals surface area contributed by atoms with E-state index in [1.54, 1.807) is 24.3 Å². The fourth-order valence-electron chi connectivity index (χ4n) is 2.35. The maximum Gasteiger partial charge on any atom is 0.355 e. The molecule has 0 aliphatic carbocycles. The molecule has 1 unspecified atom stereocenters. The molecule has 0 bridgehead atoms. The van der Waals surface area contributed by atoms with Gasteiger partial charge in [-0.15, -0.1) is 0 Å². The second-order valence-corrected chi connectivity index (χ2v) is 5.26. The van der Waals surface area contributed by atoms with Crippen molar-refractivity contribution in [1.29, 1.82) is 0 Å². The number of carbonyl (C=O) groups is 2. The number of nitrogens with zero attached hydrogens (tertiary/aromatic N) is 3. The predicted molar refractivity (Wildman–Crippen MR) is 86.8 cm³/mol. The molecule has 9 nitrogen and oxygen atoms in total. The zero-order chi connectivity index (χ0) is 17.8. The standard InChI is InChI=1S/C16H16N4O5/c1-23-14-7-11(25-19-14)9-24-16(22)12-8-13(15(17)21)20(18-12)10-5-3-2-4-6-10/h2-7,13H,8-9H2,1H3,(H2,17,21). The Morgan fingerprint density at radius 1 is 1.36 bits per heavy atom. The van der Waals surface area contributed by atoms with Crippen LogP contribution in [0.25, 0.3) is 0 Å². The number of hydrogen-bond acceptors (Lipinski definition) is 8. The molecule has 2 heterocycles. The highest BCUT2D eigenvalue weighted by Gasteiger charge is 2.35. The molecule has 1 aromatic carbocycles. The predicted octanol–water partition coefficient (Wildman–Crippen LogP) is 0.847. The van der Waals surface area contributed by atoms with E-state index in [0.29, 0.717) is 11.4 Å². The van der Waals surface area contributed by atoms with Gasteiger partial charge < -0.3 is 19.7 Å². The van der Waals surface area contributed by atoms with Crippen LogP contribution in [0.5, 0.6) is 5.88 Å². The minimum atomic E-state index is -0.740. The number of para-hydroxylation sites is 1. The van der Waals surface area contributed by atoms with Crippen LogP contribution >= 0.6 is 0 Å². The van der Waals surface area contributed by atoms with Gasteiger partial charge in [0.1, 0.15) is 11.8 Å². The van der Waals surface area contributed by atoms with Gasteiger partial charge in [-0.05, 0) is 17.3 Å². The van der Waals surface area contributed by atoms with Crippen molar-refractivity contribution in [2.45, 2.75) is 19.1 Å². The van der Waals surface area contributed by atoms with E-state index in [1.165, 1.54) is 18.2 Å². The quantitative estimate of drug-likeness (QED) is 0.771. The van der Waals surface area contributed by atoms with Gasteiger partial charge in [-0.2, -0.15) is 5.10 Å². The molecule has 1 amide bonds. The topological polar surface area (TPSA) is 120 Å². The number of hydrazone groups is 1. The van der Waals surface area contributed by atoms with Crippen molar-refractivity contribution in [1.82, 2.24) is 5.16 Å². The first-order valence-electron chi connectivity index (χ1n) is 7.46. The zero-order valence-corrected chi connectivity index (χ0v) is 13.4. The first kappa shape index (κ1) is 16.5. The van der Waals surface area contributed by atoms with Crippen LogP contribution in [0.15, 0.2) is 46.0 Å². The summed E-state index contributed by atoms with van der Waals surface area (Å²) in [6, 6.07) is 9.75. The Hall–Kier alpha value is -3.36. The summed E-state index contributed by atoms with van der Waals surface area (Å²) in [4.78, 5) is 23.9. The van der Waals surface area contributed by atoms with Crippen LogP contribution in [0.2, 0.25) is 0 Å². The van der Waals surface area contributed by atoms with Gasteiger partial charge in [0, 0.05) is 12.5 Å². The van der Waals surface area contributed by atoms with E-state index in [0.717, 1.165) is 0 Å². The molecule has 0 radical (unpaired) electrons. The van der Waals surface area contributed by atoms with Gasteiger partial charge in [-0.25, -0.2) is 4.79 Å². The fourth-order valence-corrected chi connectivity index (χ4v) is 2.35. The zero-order valence-electron chi connectivity index (χ0n) is 13.4. The summed E-state index contributed by atoms with van der Waals surface area (Å²) in [6.07, 6.45) is 0.0722. The number of ether oxygens (including phenoxy) is 2. The summed E-state index contributed by atoms with van der Waals surface area (Å²) >= 11 is 0. The fraction of sp³-hybridized carbons (Fsp3) is 0.250. The van der Waals surface area contributed by atoms with Crippen molar-refractivity contribution in [3.8, 4) is 5.88 Å². The van der Waals surface area contributed by atoms with Crippen molar-refractivity contribution in [3.63, 3.8) is 0 Å². The number of hydrogen-bond donors (Lipinski definition) is 1. The number of carbonyl (C=O) groups excluding carboxylic acids is 2. The van der Waals surface area contributed by atoms with Crippen LogP contribution in [-0.4, -0.2) is 35.9 Å². The Labute approximate surface area is 143 Å². The van der Waals surface area contributed by atoms with Gasteiger partial charge in [-0.1, -0.05) is 18.2 Å². The highest BCUT2D eigenvalue weighted by molar-refractivity contribution is 6.38. The number of aromatic nitrogens is 1. The second-order valence-electron chi connectivity index (χ2n) is 5.26. The number of amides is 1. The molecular formula is C16H16N4O5. The molecule has 9 heteroatoms. The Kier molecular flexibility index (Phi) is 4.64. The normalized spacial score (nSPS) is 16.4. The minimum Gasteiger partial charge on any atom is -0.479 e. The Bertz CT molecular complexity index is 802. The van der Waals surface area contributed by atoms with Gasteiger partial charge in [-0.3, -0.25) is 9.80 Å². The number of benzene rings is 1. The highest BCUT2D eigenvalue weighted by Crippen LogP contribution is 2.24. The molecule has 0 saturated heterocycles. The molecule has 0 spiro atoms. The van der Waals surface area contributed by atoms with Crippen LogP contribution in [0.3, 0.4) is 0 Å². The van der Waals surface area contributed by atoms with Crippen molar-refractivity contribution in [2.75, 3.05) is 12.1 Å². The molecule has 130 valence electrons. The number of primary amides is 1. The van der Waals surface area contributed by atoms with E-state index >= 15 is 0 Å². The lowest BCUT2D eigenvalue weighted by Gasteiger charge is -2.20. The summed E-state index contributed by atoms with van der Waals surface area (Å²) in [5, 5.41) is 9.23. The van der Waals surface area contributed by atoms with Gasteiger partial charge >= 0.3 is 5.97 Å². The van der Waals surface area contributed by atoms with Crippen molar-refractivity contribution in [2.24, 2.45) is 10.8 Å². The molecule has 25 heavy (non-hydrogen) atoms.